The first-order valence-corrected chi connectivity index (χ1v) is 8.00. The van der Waals surface area contributed by atoms with Gasteiger partial charge in [0.2, 0.25) is 11.8 Å². The number of carbonyl (C=O) groups is 3. The van der Waals surface area contributed by atoms with Gasteiger partial charge in [-0.15, -0.1) is 23.1 Å². The van der Waals surface area contributed by atoms with Crippen LogP contribution in [0, 0.1) is 0 Å². The molecule has 108 valence electrons. The molecule has 1 aliphatic heterocycles. The number of rotatable bonds is 6. The molecule has 1 unspecified atom stereocenters. The third-order valence-electron chi connectivity index (χ3n) is 2.76. The lowest BCUT2D eigenvalue weighted by Crippen LogP contribution is -2.40. The van der Waals surface area contributed by atoms with Crippen molar-refractivity contribution in [1.29, 1.82) is 0 Å². The van der Waals surface area contributed by atoms with Gasteiger partial charge in [-0.05, 0) is 11.4 Å². The lowest BCUT2D eigenvalue weighted by Gasteiger charge is -2.19. The summed E-state index contributed by atoms with van der Waals surface area (Å²) in [5.74, 6) is -0.459. The maximum absolute atomic E-state index is 11.9. The number of thioether (sulfide) groups is 1. The minimum Gasteiger partial charge on any atom is -0.481 e. The summed E-state index contributed by atoms with van der Waals surface area (Å²) in [6.45, 7) is -0.0205. The van der Waals surface area contributed by atoms with Crippen LogP contribution in [-0.4, -0.2) is 46.0 Å². The fraction of sp³-hybridized carbons (Fsp3) is 0.417. The number of aliphatic carboxylic acids is 1. The topological polar surface area (TPSA) is 86.7 Å². The van der Waals surface area contributed by atoms with Crippen LogP contribution < -0.4 is 5.32 Å². The van der Waals surface area contributed by atoms with Gasteiger partial charge in [-0.25, -0.2) is 0 Å². The van der Waals surface area contributed by atoms with E-state index in [1.54, 1.807) is 6.07 Å². The van der Waals surface area contributed by atoms with Gasteiger partial charge in [0.05, 0.1) is 24.1 Å². The summed E-state index contributed by atoms with van der Waals surface area (Å²) in [7, 11) is 0. The third kappa shape index (κ3) is 3.97. The number of carboxylic acid groups (broad SMARTS) is 1. The predicted octanol–water partition coefficient (Wildman–Crippen LogP) is 0.913. The number of nitrogens with one attached hydrogen (secondary N) is 1. The Balaban J connectivity index is 1.95. The summed E-state index contributed by atoms with van der Waals surface area (Å²) in [6, 6.07) is 3.04. The van der Waals surface area contributed by atoms with Gasteiger partial charge in [0.25, 0.3) is 0 Å². The molecule has 1 aliphatic rings. The molecule has 0 radical (unpaired) electrons. The number of carboxylic acids is 1. The van der Waals surface area contributed by atoms with Crippen molar-refractivity contribution in [2.24, 2.45) is 0 Å². The highest BCUT2D eigenvalue weighted by Gasteiger charge is 2.25. The number of hydrogen-bond acceptors (Lipinski definition) is 5. The summed E-state index contributed by atoms with van der Waals surface area (Å²) in [4.78, 5) is 36.5. The Hall–Kier alpha value is -1.54. The monoisotopic (exact) mass is 314 g/mol. The summed E-state index contributed by atoms with van der Waals surface area (Å²) in [5.41, 5.74) is 0. The van der Waals surface area contributed by atoms with Crippen LogP contribution in [0.2, 0.25) is 0 Å². The van der Waals surface area contributed by atoms with Gasteiger partial charge in [0, 0.05) is 4.88 Å². The average molecular weight is 314 g/mol. The summed E-state index contributed by atoms with van der Waals surface area (Å²) in [6.07, 6.45) is -0.172. The van der Waals surface area contributed by atoms with Crippen LogP contribution in [0.15, 0.2) is 17.5 Å². The van der Waals surface area contributed by atoms with E-state index in [0.29, 0.717) is 11.6 Å². The first-order chi connectivity index (χ1) is 9.56. The Morgan fingerprint density at radius 3 is 2.85 bits per heavy atom. The van der Waals surface area contributed by atoms with Crippen molar-refractivity contribution in [3.05, 3.63) is 22.4 Å². The number of hydrogen-bond donors (Lipinski definition) is 2. The highest BCUT2D eigenvalue weighted by Crippen LogP contribution is 2.22. The summed E-state index contributed by atoms with van der Waals surface area (Å²) < 4.78 is 0. The minimum atomic E-state index is -0.975. The number of nitrogens with zero attached hydrogens (tertiary/aromatic N) is 1. The Morgan fingerprint density at radius 1 is 1.50 bits per heavy atom. The Labute approximate surface area is 124 Å². The molecule has 6 nitrogen and oxygen atoms in total. The van der Waals surface area contributed by atoms with Crippen molar-refractivity contribution in [2.45, 2.75) is 12.5 Å². The van der Waals surface area contributed by atoms with E-state index in [4.69, 9.17) is 5.11 Å². The van der Waals surface area contributed by atoms with Crippen LogP contribution in [0.1, 0.15) is 17.3 Å². The number of amides is 2. The van der Waals surface area contributed by atoms with Crippen molar-refractivity contribution < 1.29 is 19.5 Å². The Bertz CT molecular complexity index is 504. The quantitative estimate of drug-likeness (QED) is 0.815. The third-order valence-corrected chi connectivity index (χ3v) is 4.69. The molecule has 0 bridgehead atoms. The molecule has 2 rings (SSSR count). The van der Waals surface area contributed by atoms with Crippen LogP contribution in [0.25, 0.3) is 0 Å². The minimum absolute atomic E-state index is 0.0205. The second kappa shape index (κ2) is 6.76. The first-order valence-electron chi connectivity index (χ1n) is 5.96. The zero-order chi connectivity index (χ0) is 14.5. The van der Waals surface area contributed by atoms with Gasteiger partial charge >= 0.3 is 5.97 Å². The van der Waals surface area contributed by atoms with Gasteiger partial charge in [0.1, 0.15) is 6.54 Å². The fourth-order valence-electron chi connectivity index (χ4n) is 1.84. The average Bonchev–Trinajstić information content (AvgIpc) is 3.00. The first kappa shape index (κ1) is 14.9. The van der Waals surface area contributed by atoms with Crippen molar-refractivity contribution >= 4 is 40.9 Å². The van der Waals surface area contributed by atoms with Crippen LogP contribution in [0.3, 0.4) is 0 Å². The second-order valence-electron chi connectivity index (χ2n) is 4.30. The van der Waals surface area contributed by atoms with Crippen LogP contribution >= 0.6 is 23.1 Å². The smallest absolute Gasteiger partial charge is 0.305 e. The normalized spacial score (nSPS) is 16.2. The maximum Gasteiger partial charge on any atom is 0.305 e. The molecular formula is C12H14N2O4S2. The SMILES string of the molecule is O=C(O)CC(NC(=O)CN1CSCC1=O)c1cccs1. The van der Waals surface area contributed by atoms with Gasteiger partial charge in [-0.3, -0.25) is 14.4 Å². The fourth-order valence-corrected chi connectivity index (χ4v) is 3.52. The lowest BCUT2D eigenvalue weighted by molar-refractivity contribution is -0.138. The molecule has 2 N–H and O–H groups in total. The van der Waals surface area contributed by atoms with Crippen molar-refractivity contribution in [3.63, 3.8) is 0 Å². The molecule has 0 saturated carbocycles. The van der Waals surface area contributed by atoms with E-state index in [-0.39, 0.29) is 24.8 Å². The molecule has 1 fully saturated rings. The molecule has 2 heterocycles. The zero-order valence-corrected chi connectivity index (χ0v) is 12.2. The van der Waals surface area contributed by atoms with Gasteiger partial charge in [-0.1, -0.05) is 6.07 Å². The van der Waals surface area contributed by atoms with E-state index < -0.39 is 12.0 Å². The number of carbonyl (C=O) groups excluding carboxylic acids is 2. The Kier molecular flexibility index (Phi) is 5.02. The van der Waals surface area contributed by atoms with E-state index in [0.717, 1.165) is 4.88 Å². The molecular weight excluding hydrogens is 300 g/mol. The van der Waals surface area contributed by atoms with E-state index in [1.807, 2.05) is 11.4 Å². The van der Waals surface area contributed by atoms with Crippen molar-refractivity contribution in [1.82, 2.24) is 10.2 Å². The molecule has 0 aromatic carbocycles. The second-order valence-corrected chi connectivity index (χ2v) is 6.24. The van der Waals surface area contributed by atoms with Gasteiger partial charge < -0.3 is 15.3 Å². The Morgan fingerprint density at radius 2 is 2.30 bits per heavy atom. The van der Waals surface area contributed by atoms with Gasteiger partial charge in [0.15, 0.2) is 0 Å². The zero-order valence-electron chi connectivity index (χ0n) is 10.6. The summed E-state index contributed by atoms with van der Waals surface area (Å²) >= 11 is 2.86. The van der Waals surface area contributed by atoms with Crippen LogP contribution in [0.5, 0.6) is 0 Å². The molecule has 1 saturated heterocycles. The molecule has 0 spiro atoms. The lowest BCUT2D eigenvalue weighted by atomic mass is 10.1. The highest BCUT2D eigenvalue weighted by atomic mass is 32.2. The molecule has 1 aromatic rings. The molecule has 1 atom stereocenters. The van der Waals surface area contributed by atoms with Gasteiger partial charge in [-0.2, -0.15) is 0 Å². The predicted molar refractivity (Wildman–Crippen MR) is 76.5 cm³/mol. The van der Waals surface area contributed by atoms with Crippen molar-refractivity contribution in [2.75, 3.05) is 18.2 Å². The molecule has 0 aliphatic carbocycles. The van der Waals surface area contributed by atoms with E-state index in [1.165, 1.54) is 28.0 Å². The molecule has 20 heavy (non-hydrogen) atoms. The molecule has 8 heteroatoms. The van der Waals surface area contributed by atoms with Crippen LogP contribution in [0.4, 0.5) is 0 Å². The maximum atomic E-state index is 11.9. The highest BCUT2D eigenvalue weighted by molar-refractivity contribution is 8.00. The van der Waals surface area contributed by atoms with Crippen molar-refractivity contribution in [3.8, 4) is 0 Å². The van der Waals surface area contributed by atoms with Crippen LogP contribution in [-0.2, 0) is 14.4 Å². The van der Waals surface area contributed by atoms with E-state index in [9.17, 15) is 14.4 Å². The largest absolute Gasteiger partial charge is 0.481 e. The summed E-state index contributed by atoms with van der Waals surface area (Å²) in [5, 5.41) is 13.4. The molecule has 1 aromatic heterocycles. The number of thiophene rings is 1. The van der Waals surface area contributed by atoms with E-state index in [2.05, 4.69) is 5.32 Å². The standard InChI is InChI=1S/C12H14N2O4S2/c15-10(5-14-7-19-6-11(14)16)13-8(4-12(17)18)9-2-1-3-20-9/h1-3,8H,4-7H2,(H,13,15)(H,17,18). The molecule has 2 amide bonds. The van der Waals surface area contributed by atoms with E-state index >= 15 is 0 Å².